The van der Waals surface area contributed by atoms with Crippen molar-refractivity contribution in [3.8, 4) is 11.1 Å². The SMILES string of the molecule is CC1(C(=O)O)CCCN1C(=O)C1COCC1NC(=O)OCC1c2ccccc2-c2ccccc21. The van der Waals surface area contributed by atoms with Crippen molar-refractivity contribution in [1.82, 2.24) is 10.2 Å². The quantitative estimate of drug-likeness (QED) is 0.705. The van der Waals surface area contributed by atoms with Crippen molar-refractivity contribution in [2.24, 2.45) is 5.92 Å². The maximum atomic E-state index is 13.2. The molecule has 0 saturated carbocycles. The Labute approximate surface area is 197 Å². The van der Waals surface area contributed by atoms with Crippen LogP contribution in [-0.2, 0) is 19.1 Å². The van der Waals surface area contributed by atoms with Crippen LogP contribution >= 0.6 is 0 Å². The number of carboxylic acids is 1. The van der Waals surface area contributed by atoms with Gasteiger partial charge in [0.2, 0.25) is 5.91 Å². The van der Waals surface area contributed by atoms with E-state index in [-0.39, 0.29) is 31.6 Å². The van der Waals surface area contributed by atoms with Gasteiger partial charge in [0.05, 0.1) is 25.2 Å². The fourth-order valence-electron chi connectivity index (χ4n) is 5.47. The molecule has 0 spiro atoms. The summed E-state index contributed by atoms with van der Waals surface area (Å²) in [6.45, 7) is 2.45. The number of rotatable bonds is 5. The second-order valence-corrected chi connectivity index (χ2v) is 9.39. The summed E-state index contributed by atoms with van der Waals surface area (Å²) in [4.78, 5) is 39.1. The number of nitrogens with zero attached hydrogens (tertiary/aromatic N) is 1. The first-order valence-corrected chi connectivity index (χ1v) is 11.6. The van der Waals surface area contributed by atoms with Crippen LogP contribution in [0.1, 0.15) is 36.8 Å². The minimum atomic E-state index is -1.23. The average Bonchev–Trinajstić information content (AvgIpc) is 3.54. The second-order valence-electron chi connectivity index (χ2n) is 9.39. The Morgan fingerprint density at radius 1 is 1.09 bits per heavy atom. The van der Waals surface area contributed by atoms with E-state index in [4.69, 9.17) is 9.47 Å². The lowest BCUT2D eigenvalue weighted by atomic mass is 9.95. The lowest BCUT2D eigenvalue weighted by molar-refractivity contribution is -0.157. The van der Waals surface area contributed by atoms with Gasteiger partial charge in [0.1, 0.15) is 12.1 Å². The van der Waals surface area contributed by atoms with E-state index in [1.165, 1.54) is 4.90 Å². The number of ether oxygens (including phenoxy) is 2. The van der Waals surface area contributed by atoms with E-state index in [0.29, 0.717) is 19.4 Å². The maximum Gasteiger partial charge on any atom is 0.407 e. The van der Waals surface area contributed by atoms with Gasteiger partial charge >= 0.3 is 12.1 Å². The summed E-state index contributed by atoms with van der Waals surface area (Å²) in [5, 5.41) is 12.4. The summed E-state index contributed by atoms with van der Waals surface area (Å²) >= 11 is 0. The van der Waals surface area contributed by atoms with Crippen LogP contribution in [-0.4, -0.2) is 65.9 Å². The highest BCUT2D eigenvalue weighted by Crippen LogP contribution is 2.44. The summed E-state index contributed by atoms with van der Waals surface area (Å²) in [6.07, 6.45) is 0.427. The van der Waals surface area contributed by atoms with Crippen molar-refractivity contribution in [2.75, 3.05) is 26.4 Å². The molecule has 2 aromatic rings. The van der Waals surface area contributed by atoms with Crippen molar-refractivity contribution in [3.63, 3.8) is 0 Å². The molecular weight excluding hydrogens is 436 g/mol. The molecule has 8 heteroatoms. The number of carboxylic acid groups (broad SMARTS) is 1. The van der Waals surface area contributed by atoms with Crippen molar-refractivity contribution >= 4 is 18.0 Å². The number of fused-ring (bicyclic) bond motifs is 3. The Kier molecular flexibility index (Phi) is 5.77. The normalized spacial score (nSPS) is 25.6. The van der Waals surface area contributed by atoms with Gasteiger partial charge in [-0.3, -0.25) is 4.79 Å². The smallest absolute Gasteiger partial charge is 0.407 e. The molecule has 0 bridgehead atoms. The van der Waals surface area contributed by atoms with Gasteiger partial charge < -0.3 is 24.8 Å². The highest BCUT2D eigenvalue weighted by atomic mass is 16.5. The number of carbonyl (C=O) groups excluding carboxylic acids is 2. The molecule has 1 aliphatic carbocycles. The average molecular weight is 465 g/mol. The van der Waals surface area contributed by atoms with Crippen LogP contribution in [0.2, 0.25) is 0 Å². The molecule has 2 fully saturated rings. The number of amides is 2. The van der Waals surface area contributed by atoms with E-state index < -0.39 is 29.6 Å². The molecule has 2 saturated heterocycles. The summed E-state index contributed by atoms with van der Waals surface area (Å²) in [7, 11) is 0. The van der Waals surface area contributed by atoms with Crippen LogP contribution in [0.15, 0.2) is 48.5 Å². The third-order valence-electron chi connectivity index (χ3n) is 7.41. The second kappa shape index (κ2) is 8.76. The van der Waals surface area contributed by atoms with E-state index >= 15 is 0 Å². The van der Waals surface area contributed by atoms with Crippen LogP contribution in [0.3, 0.4) is 0 Å². The Balaban J connectivity index is 1.24. The van der Waals surface area contributed by atoms with Gasteiger partial charge in [0.15, 0.2) is 0 Å². The van der Waals surface area contributed by atoms with Gasteiger partial charge in [0.25, 0.3) is 0 Å². The predicted molar refractivity (Wildman–Crippen MR) is 123 cm³/mol. The Morgan fingerprint density at radius 2 is 1.74 bits per heavy atom. The molecule has 0 radical (unpaired) electrons. The molecule has 3 aliphatic rings. The molecule has 0 aromatic heterocycles. The van der Waals surface area contributed by atoms with Gasteiger partial charge in [0, 0.05) is 12.5 Å². The van der Waals surface area contributed by atoms with Crippen molar-refractivity contribution < 1.29 is 29.0 Å². The zero-order valence-corrected chi connectivity index (χ0v) is 19.0. The molecule has 2 heterocycles. The van der Waals surface area contributed by atoms with Gasteiger partial charge in [-0.25, -0.2) is 9.59 Å². The lowest BCUT2D eigenvalue weighted by Gasteiger charge is -2.34. The lowest BCUT2D eigenvalue weighted by Crippen LogP contribution is -2.55. The van der Waals surface area contributed by atoms with Crippen molar-refractivity contribution in [1.29, 1.82) is 0 Å². The molecule has 8 nitrogen and oxygen atoms in total. The molecule has 34 heavy (non-hydrogen) atoms. The summed E-state index contributed by atoms with van der Waals surface area (Å²) in [5.41, 5.74) is 3.31. The van der Waals surface area contributed by atoms with E-state index in [1.54, 1.807) is 6.92 Å². The molecule has 3 atom stereocenters. The van der Waals surface area contributed by atoms with Gasteiger partial charge in [-0.15, -0.1) is 0 Å². The summed E-state index contributed by atoms with van der Waals surface area (Å²) in [5.74, 6) is -2.02. The molecule has 178 valence electrons. The number of likely N-dealkylation sites (tertiary alicyclic amines) is 1. The monoisotopic (exact) mass is 464 g/mol. The minimum absolute atomic E-state index is 0.0590. The zero-order valence-electron chi connectivity index (χ0n) is 19.0. The van der Waals surface area contributed by atoms with Gasteiger partial charge in [-0.05, 0) is 42.0 Å². The van der Waals surface area contributed by atoms with E-state index in [0.717, 1.165) is 22.3 Å². The number of carbonyl (C=O) groups is 3. The predicted octanol–water partition coefficient (Wildman–Crippen LogP) is 3.01. The first-order valence-electron chi connectivity index (χ1n) is 11.6. The fraction of sp³-hybridized carbons (Fsp3) is 0.423. The van der Waals surface area contributed by atoms with Crippen LogP contribution < -0.4 is 5.32 Å². The van der Waals surface area contributed by atoms with Crippen molar-refractivity contribution in [2.45, 2.75) is 37.3 Å². The van der Waals surface area contributed by atoms with Crippen molar-refractivity contribution in [3.05, 3.63) is 59.7 Å². The molecule has 2 N–H and O–H groups in total. The number of alkyl carbamates (subject to hydrolysis) is 1. The number of hydrogen-bond donors (Lipinski definition) is 2. The zero-order chi connectivity index (χ0) is 23.9. The van der Waals surface area contributed by atoms with E-state index in [2.05, 4.69) is 29.6 Å². The molecule has 5 rings (SSSR count). The Morgan fingerprint density at radius 3 is 2.38 bits per heavy atom. The van der Waals surface area contributed by atoms with E-state index in [1.807, 2.05) is 24.3 Å². The molecule has 3 unspecified atom stereocenters. The first kappa shape index (κ1) is 22.4. The maximum absolute atomic E-state index is 13.2. The highest BCUT2D eigenvalue weighted by Gasteiger charge is 2.49. The van der Waals surface area contributed by atoms with Crippen LogP contribution in [0.5, 0.6) is 0 Å². The van der Waals surface area contributed by atoms with Crippen LogP contribution in [0, 0.1) is 5.92 Å². The Hall–Kier alpha value is -3.39. The topological polar surface area (TPSA) is 105 Å². The minimum Gasteiger partial charge on any atom is -0.480 e. The van der Waals surface area contributed by atoms with Crippen LogP contribution in [0.4, 0.5) is 4.79 Å². The number of nitrogens with one attached hydrogen (secondary N) is 1. The summed E-state index contributed by atoms with van der Waals surface area (Å²) in [6, 6.07) is 15.6. The number of hydrogen-bond acceptors (Lipinski definition) is 5. The van der Waals surface area contributed by atoms with Crippen LogP contribution in [0.25, 0.3) is 11.1 Å². The number of aliphatic carboxylic acids is 1. The largest absolute Gasteiger partial charge is 0.480 e. The van der Waals surface area contributed by atoms with Gasteiger partial charge in [-0.1, -0.05) is 48.5 Å². The highest BCUT2D eigenvalue weighted by molar-refractivity contribution is 5.89. The standard InChI is InChI=1S/C26H28N2O6/c1-26(24(30)31)11-6-12-28(26)23(29)21-13-33-15-22(21)27-25(32)34-14-20-18-9-4-2-7-16(18)17-8-3-5-10-19(17)20/h2-5,7-10,20-22H,6,11-15H2,1H3,(H,27,32)(H,30,31). The third kappa shape index (κ3) is 3.72. The molecule has 2 amide bonds. The van der Waals surface area contributed by atoms with E-state index in [9.17, 15) is 19.5 Å². The Bertz CT molecular complexity index is 1090. The summed E-state index contributed by atoms with van der Waals surface area (Å²) < 4.78 is 11.1. The molecule has 2 aliphatic heterocycles. The molecule has 2 aromatic carbocycles. The first-order chi connectivity index (χ1) is 16.4. The molecular formula is C26H28N2O6. The van der Waals surface area contributed by atoms with Gasteiger partial charge in [-0.2, -0.15) is 0 Å². The third-order valence-corrected chi connectivity index (χ3v) is 7.41. The number of benzene rings is 2. The fourth-order valence-corrected chi connectivity index (χ4v) is 5.47.